The molecule has 0 fully saturated rings. The van der Waals surface area contributed by atoms with E-state index in [-0.39, 0.29) is 35.0 Å². The van der Waals surface area contributed by atoms with Crippen LogP contribution in [-0.4, -0.2) is 38.2 Å². The van der Waals surface area contributed by atoms with Crippen molar-refractivity contribution in [2.75, 3.05) is 21.3 Å². The predicted octanol–water partition coefficient (Wildman–Crippen LogP) is 1.33. The fourth-order valence-corrected chi connectivity index (χ4v) is 1.79. The van der Waals surface area contributed by atoms with Crippen LogP contribution in [0.4, 0.5) is 0 Å². The summed E-state index contributed by atoms with van der Waals surface area (Å²) in [6.45, 7) is 1.29. The summed E-state index contributed by atoms with van der Waals surface area (Å²) in [6, 6.07) is 1.48. The number of carbonyl (C=O) groups is 2. The molecule has 0 aliphatic heterocycles. The molecule has 0 radical (unpaired) electrons. The van der Waals surface area contributed by atoms with E-state index in [0.717, 1.165) is 0 Å². The molecule has 1 aromatic rings. The third kappa shape index (κ3) is 2.96. The SMILES string of the molecule is COC(=O)Cc1cc(OC)c(OC)c(O)c1C(C)=O. The lowest BCUT2D eigenvalue weighted by Crippen LogP contribution is -2.10. The summed E-state index contributed by atoms with van der Waals surface area (Å²) in [4.78, 5) is 23.0. The van der Waals surface area contributed by atoms with E-state index in [1.165, 1.54) is 34.3 Å². The Balaban J connectivity index is 3.47. The van der Waals surface area contributed by atoms with Crippen LogP contribution >= 0.6 is 0 Å². The first-order valence-corrected chi connectivity index (χ1v) is 5.50. The second-order valence-corrected chi connectivity index (χ2v) is 3.80. The average molecular weight is 268 g/mol. The molecule has 0 aliphatic carbocycles. The molecule has 104 valence electrons. The maximum absolute atomic E-state index is 11.6. The van der Waals surface area contributed by atoms with Gasteiger partial charge in [-0.3, -0.25) is 9.59 Å². The summed E-state index contributed by atoms with van der Waals surface area (Å²) >= 11 is 0. The Hall–Kier alpha value is -2.24. The summed E-state index contributed by atoms with van der Waals surface area (Å²) in [5.74, 6) is -0.940. The van der Waals surface area contributed by atoms with Crippen molar-refractivity contribution in [1.82, 2.24) is 0 Å². The zero-order valence-corrected chi connectivity index (χ0v) is 11.3. The summed E-state index contributed by atoms with van der Waals surface area (Å²) < 4.78 is 14.6. The molecule has 1 rings (SSSR count). The zero-order chi connectivity index (χ0) is 14.6. The largest absolute Gasteiger partial charge is 0.504 e. The standard InChI is InChI=1S/C13H16O6/c1-7(14)11-8(6-10(15)18-3)5-9(17-2)13(19-4)12(11)16/h5,16H,6H2,1-4H3. The van der Waals surface area contributed by atoms with Crippen LogP contribution in [0.2, 0.25) is 0 Å². The summed E-state index contributed by atoms with van der Waals surface area (Å²) in [5.41, 5.74) is 0.359. The van der Waals surface area contributed by atoms with Gasteiger partial charge in [0.1, 0.15) is 0 Å². The van der Waals surface area contributed by atoms with Crippen LogP contribution in [0.15, 0.2) is 6.07 Å². The van der Waals surface area contributed by atoms with E-state index in [1.54, 1.807) is 0 Å². The van der Waals surface area contributed by atoms with Gasteiger partial charge in [-0.05, 0) is 18.6 Å². The molecular formula is C13H16O6. The fraction of sp³-hybridized carbons (Fsp3) is 0.385. The molecule has 6 heteroatoms. The monoisotopic (exact) mass is 268 g/mol. The Morgan fingerprint density at radius 3 is 2.26 bits per heavy atom. The smallest absolute Gasteiger partial charge is 0.310 e. The van der Waals surface area contributed by atoms with Gasteiger partial charge in [0, 0.05) is 0 Å². The Morgan fingerprint density at radius 2 is 1.84 bits per heavy atom. The molecule has 1 N–H and O–H groups in total. The van der Waals surface area contributed by atoms with Gasteiger partial charge in [-0.1, -0.05) is 0 Å². The molecule has 0 unspecified atom stereocenters. The Morgan fingerprint density at radius 1 is 1.21 bits per heavy atom. The molecule has 0 aliphatic rings. The van der Waals surface area contributed by atoms with Crippen molar-refractivity contribution in [3.63, 3.8) is 0 Å². The second-order valence-electron chi connectivity index (χ2n) is 3.80. The number of hydrogen-bond acceptors (Lipinski definition) is 6. The van der Waals surface area contributed by atoms with Gasteiger partial charge < -0.3 is 19.3 Å². The molecule has 6 nitrogen and oxygen atoms in total. The van der Waals surface area contributed by atoms with E-state index in [4.69, 9.17) is 9.47 Å². The molecule has 0 bridgehead atoms. The van der Waals surface area contributed by atoms with E-state index in [2.05, 4.69) is 4.74 Å². The van der Waals surface area contributed by atoms with Gasteiger partial charge in [-0.2, -0.15) is 0 Å². The van der Waals surface area contributed by atoms with Crippen LogP contribution in [-0.2, 0) is 16.0 Å². The quantitative estimate of drug-likeness (QED) is 0.640. The molecule has 0 saturated carbocycles. The minimum absolute atomic E-state index is 0.0306. The topological polar surface area (TPSA) is 82.1 Å². The Bertz CT molecular complexity index is 506. The van der Waals surface area contributed by atoms with Crippen molar-refractivity contribution in [2.45, 2.75) is 13.3 Å². The van der Waals surface area contributed by atoms with Crippen LogP contribution < -0.4 is 9.47 Å². The first-order chi connectivity index (χ1) is 8.96. The number of phenols is 1. The number of benzene rings is 1. The number of Topliss-reactive ketones (excluding diaryl/α,β-unsaturated/α-hetero) is 1. The number of hydrogen-bond donors (Lipinski definition) is 1. The molecule has 0 spiro atoms. The van der Waals surface area contributed by atoms with E-state index in [0.29, 0.717) is 5.56 Å². The number of phenolic OH excluding ortho intramolecular Hbond substituents is 1. The van der Waals surface area contributed by atoms with Crippen molar-refractivity contribution in [1.29, 1.82) is 0 Å². The number of ether oxygens (including phenoxy) is 3. The number of methoxy groups -OCH3 is 3. The third-order valence-electron chi connectivity index (χ3n) is 2.64. The van der Waals surface area contributed by atoms with Crippen LogP contribution in [0.1, 0.15) is 22.8 Å². The van der Waals surface area contributed by atoms with Crippen molar-refractivity contribution >= 4 is 11.8 Å². The van der Waals surface area contributed by atoms with Gasteiger partial charge in [0.05, 0.1) is 33.3 Å². The maximum Gasteiger partial charge on any atom is 0.310 e. The first kappa shape index (κ1) is 14.8. The molecule has 0 heterocycles. The normalized spacial score (nSPS) is 9.89. The molecule has 0 saturated heterocycles. The van der Waals surface area contributed by atoms with Gasteiger partial charge in [0.15, 0.2) is 17.3 Å². The highest BCUT2D eigenvalue weighted by atomic mass is 16.5. The lowest BCUT2D eigenvalue weighted by atomic mass is 9.99. The minimum atomic E-state index is -0.519. The summed E-state index contributed by atoms with van der Waals surface area (Å²) in [5, 5.41) is 10.1. The fourth-order valence-electron chi connectivity index (χ4n) is 1.79. The van der Waals surface area contributed by atoms with Gasteiger partial charge >= 0.3 is 5.97 Å². The van der Waals surface area contributed by atoms with Crippen LogP contribution in [0.3, 0.4) is 0 Å². The Kier molecular flexibility index (Phi) is 4.74. The molecule has 19 heavy (non-hydrogen) atoms. The van der Waals surface area contributed by atoms with Crippen molar-refractivity contribution in [3.8, 4) is 17.2 Å². The Labute approximate surface area is 110 Å². The summed E-state index contributed by atoms with van der Waals surface area (Å²) in [7, 11) is 3.99. The number of rotatable bonds is 5. The highest BCUT2D eigenvalue weighted by Crippen LogP contribution is 2.41. The first-order valence-electron chi connectivity index (χ1n) is 5.50. The molecule has 1 aromatic carbocycles. The number of aromatic hydroxyl groups is 1. The predicted molar refractivity (Wildman–Crippen MR) is 66.9 cm³/mol. The summed E-state index contributed by atoms with van der Waals surface area (Å²) in [6.07, 6.45) is -0.140. The second kappa shape index (κ2) is 6.08. The molecule has 0 atom stereocenters. The molecule has 0 aromatic heterocycles. The van der Waals surface area contributed by atoms with Gasteiger partial charge in [0.25, 0.3) is 0 Å². The van der Waals surface area contributed by atoms with Crippen LogP contribution in [0, 0.1) is 0 Å². The van der Waals surface area contributed by atoms with Crippen molar-refractivity contribution in [2.24, 2.45) is 0 Å². The number of esters is 1. The highest BCUT2D eigenvalue weighted by molar-refractivity contribution is 6.00. The van der Waals surface area contributed by atoms with E-state index >= 15 is 0 Å². The van der Waals surface area contributed by atoms with Crippen LogP contribution in [0.25, 0.3) is 0 Å². The van der Waals surface area contributed by atoms with E-state index < -0.39 is 5.97 Å². The van der Waals surface area contributed by atoms with Gasteiger partial charge in [-0.25, -0.2) is 0 Å². The van der Waals surface area contributed by atoms with E-state index in [1.807, 2.05) is 0 Å². The molecule has 0 amide bonds. The van der Waals surface area contributed by atoms with E-state index in [9.17, 15) is 14.7 Å². The number of ketones is 1. The average Bonchev–Trinajstić information content (AvgIpc) is 2.37. The van der Waals surface area contributed by atoms with Crippen molar-refractivity contribution in [3.05, 3.63) is 17.2 Å². The lowest BCUT2D eigenvalue weighted by Gasteiger charge is -2.15. The molecular weight excluding hydrogens is 252 g/mol. The minimum Gasteiger partial charge on any atom is -0.504 e. The lowest BCUT2D eigenvalue weighted by molar-refractivity contribution is -0.139. The highest BCUT2D eigenvalue weighted by Gasteiger charge is 2.23. The van der Waals surface area contributed by atoms with Crippen molar-refractivity contribution < 1.29 is 28.9 Å². The third-order valence-corrected chi connectivity index (χ3v) is 2.64. The maximum atomic E-state index is 11.6. The van der Waals surface area contributed by atoms with Crippen LogP contribution in [0.5, 0.6) is 17.2 Å². The zero-order valence-electron chi connectivity index (χ0n) is 11.3. The number of carbonyl (C=O) groups excluding carboxylic acids is 2. The van der Waals surface area contributed by atoms with Gasteiger partial charge in [0.2, 0.25) is 5.75 Å². The van der Waals surface area contributed by atoms with Gasteiger partial charge in [-0.15, -0.1) is 0 Å².